The molecule has 0 aliphatic carbocycles. The van der Waals surface area contributed by atoms with Crippen LogP contribution in [-0.2, 0) is 6.54 Å². The van der Waals surface area contributed by atoms with Gasteiger partial charge in [0.1, 0.15) is 0 Å². The number of aryl methyl sites for hydroxylation is 2. The molecule has 0 unspecified atom stereocenters. The number of hydrogen-bond acceptors (Lipinski definition) is 1. The minimum atomic E-state index is -0.890. The van der Waals surface area contributed by atoms with E-state index in [9.17, 15) is 4.79 Å². The molecular weight excluding hydrogens is 262 g/mol. The first-order valence-electron chi connectivity index (χ1n) is 6.93. The highest BCUT2D eigenvalue weighted by molar-refractivity contribution is 5.93. The van der Waals surface area contributed by atoms with Gasteiger partial charge in [-0.1, -0.05) is 18.2 Å². The number of rotatable bonds is 3. The minimum absolute atomic E-state index is 0.325. The molecular formula is C18H17NO2. The Morgan fingerprint density at radius 2 is 1.86 bits per heavy atom. The molecule has 2 aromatic carbocycles. The molecule has 0 amide bonds. The number of aromatic carboxylic acids is 1. The highest BCUT2D eigenvalue weighted by Crippen LogP contribution is 2.20. The van der Waals surface area contributed by atoms with Crippen molar-refractivity contribution in [1.29, 1.82) is 0 Å². The SMILES string of the molecule is Cc1ccc(Cn2ccc3cc(C(=O)O)ccc32)cc1C. The second-order valence-electron chi connectivity index (χ2n) is 5.44. The summed E-state index contributed by atoms with van der Waals surface area (Å²) in [7, 11) is 0. The van der Waals surface area contributed by atoms with Crippen molar-refractivity contribution in [2.75, 3.05) is 0 Å². The Morgan fingerprint density at radius 1 is 1.05 bits per heavy atom. The summed E-state index contributed by atoms with van der Waals surface area (Å²) in [5.41, 5.74) is 5.21. The molecule has 0 atom stereocenters. The molecule has 106 valence electrons. The number of hydrogen-bond donors (Lipinski definition) is 1. The summed E-state index contributed by atoms with van der Waals surface area (Å²) in [6, 6.07) is 13.7. The van der Waals surface area contributed by atoms with Gasteiger partial charge in [-0.2, -0.15) is 0 Å². The molecule has 0 saturated carbocycles. The highest BCUT2D eigenvalue weighted by Gasteiger charge is 2.07. The van der Waals surface area contributed by atoms with Crippen LogP contribution in [0.1, 0.15) is 27.0 Å². The van der Waals surface area contributed by atoms with Gasteiger partial charge in [-0.15, -0.1) is 0 Å². The molecule has 1 N–H and O–H groups in total. The minimum Gasteiger partial charge on any atom is -0.478 e. The highest BCUT2D eigenvalue weighted by atomic mass is 16.4. The Morgan fingerprint density at radius 3 is 2.57 bits per heavy atom. The molecule has 21 heavy (non-hydrogen) atoms. The average molecular weight is 279 g/mol. The maximum atomic E-state index is 11.0. The largest absolute Gasteiger partial charge is 0.478 e. The second-order valence-corrected chi connectivity index (χ2v) is 5.44. The fraction of sp³-hybridized carbons (Fsp3) is 0.167. The summed E-state index contributed by atoms with van der Waals surface area (Å²) >= 11 is 0. The van der Waals surface area contributed by atoms with E-state index < -0.39 is 5.97 Å². The number of carboxylic acid groups (broad SMARTS) is 1. The molecule has 0 fully saturated rings. The van der Waals surface area contributed by atoms with Gasteiger partial charge < -0.3 is 9.67 Å². The van der Waals surface area contributed by atoms with Crippen molar-refractivity contribution in [3.05, 3.63) is 70.9 Å². The van der Waals surface area contributed by atoms with Gasteiger partial charge in [-0.05, 0) is 54.8 Å². The van der Waals surface area contributed by atoms with E-state index in [1.165, 1.54) is 16.7 Å². The first-order valence-corrected chi connectivity index (χ1v) is 6.93. The molecule has 0 aliphatic heterocycles. The molecule has 0 saturated heterocycles. The summed E-state index contributed by atoms with van der Waals surface area (Å²) in [6.45, 7) is 5.01. The van der Waals surface area contributed by atoms with Gasteiger partial charge in [0.2, 0.25) is 0 Å². The van der Waals surface area contributed by atoms with Crippen molar-refractivity contribution in [2.24, 2.45) is 0 Å². The summed E-state index contributed by atoms with van der Waals surface area (Å²) in [5, 5.41) is 9.99. The summed E-state index contributed by atoms with van der Waals surface area (Å²) in [4.78, 5) is 11.0. The third kappa shape index (κ3) is 2.55. The Hall–Kier alpha value is -2.55. The molecule has 1 aromatic heterocycles. The molecule has 0 bridgehead atoms. The predicted molar refractivity (Wildman–Crippen MR) is 83.9 cm³/mol. The maximum Gasteiger partial charge on any atom is 0.335 e. The third-order valence-corrected chi connectivity index (χ3v) is 3.94. The van der Waals surface area contributed by atoms with E-state index in [-0.39, 0.29) is 0 Å². The van der Waals surface area contributed by atoms with Crippen LogP contribution < -0.4 is 0 Å². The lowest BCUT2D eigenvalue weighted by Gasteiger charge is -2.08. The van der Waals surface area contributed by atoms with Crippen molar-refractivity contribution in [3.63, 3.8) is 0 Å². The molecule has 0 aliphatic rings. The van der Waals surface area contributed by atoms with E-state index in [2.05, 4.69) is 36.6 Å². The second kappa shape index (κ2) is 5.09. The zero-order valence-electron chi connectivity index (χ0n) is 12.1. The predicted octanol–water partition coefficient (Wildman–Crippen LogP) is 4.00. The van der Waals surface area contributed by atoms with E-state index in [0.29, 0.717) is 5.56 Å². The third-order valence-electron chi connectivity index (χ3n) is 3.94. The smallest absolute Gasteiger partial charge is 0.335 e. The van der Waals surface area contributed by atoms with Crippen molar-refractivity contribution in [3.8, 4) is 0 Å². The van der Waals surface area contributed by atoms with Crippen molar-refractivity contribution >= 4 is 16.9 Å². The molecule has 3 aromatic rings. The van der Waals surface area contributed by atoms with Gasteiger partial charge in [0.15, 0.2) is 0 Å². The van der Waals surface area contributed by atoms with Crippen LogP contribution in [0.4, 0.5) is 0 Å². The van der Waals surface area contributed by atoms with Gasteiger partial charge in [0.05, 0.1) is 5.56 Å². The molecule has 3 rings (SSSR count). The zero-order valence-corrected chi connectivity index (χ0v) is 12.1. The Balaban J connectivity index is 1.97. The van der Waals surface area contributed by atoms with Crippen molar-refractivity contribution in [2.45, 2.75) is 20.4 Å². The van der Waals surface area contributed by atoms with Crippen LogP contribution in [0.3, 0.4) is 0 Å². The van der Waals surface area contributed by atoms with Crippen molar-refractivity contribution in [1.82, 2.24) is 4.57 Å². The quantitative estimate of drug-likeness (QED) is 0.787. The molecule has 3 heteroatoms. The first kappa shape index (κ1) is 13.4. The van der Waals surface area contributed by atoms with Crippen molar-refractivity contribution < 1.29 is 9.90 Å². The number of nitrogens with zero attached hydrogens (tertiary/aromatic N) is 1. The number of benzene rings is 2. The monoisotopic (exact) mass is 279 g/mol. The molecule has 0 radical (unpaired) electrons. The van der Waals surface area contributed by atoms with Crippen LogP contribution in [0.25, 0.3) is 10.9 Å². The number of fused-ring (bicyclic) bond motifs is 1. The van der Waals surface area contributed by atoms with Crippen LogP contribution in [0.2, 0.25) is 0 Å². The van der Waals surface area contributed by atoms with Gasteiger partial charge in [-0.25, -0.2) is 4.79 Å². The number of aromatic nitrogens is 1. The van der Waals surface area contributed by atoms with Gasteiger partial charge >= 0.3 is 5.97 Å². The molecule has 0 spiro atoms. The van der Waals surface area contributed by atoms with E-state index in [1.54, 1.807) is 12.1 Å². The van der Waals surface area contributed by atoms with Gasteiger partial charge in [0, 0.05) is 23.6 Å². The van der Waals surface area contributed by atoms with Crippen LogP contribution in [0.5, 0.6) is 0 Å². The molecule has 1 heterocycles. The fourth-order valence-corrected chi connectivity index (χ4v) is 2.57. The maximum absolute atomic E-state index is 11.0. The standard InChI is InChI=1S/C18H17NO2/c1-12-3-4-14(9-13(12)2)11-19-8-7-15-10-16(18(20)21)5-6-17(15)19/h3-10H,11H2,1-2H3,(H,20,21). The van der Waals surface area contributed by atoms with Crippen LogP contribution in [0.15, 0.2) is 48.7 Å². The van der Waals surface area contributed by atoms with E-state index >= 15 is 0 Å². The van der Waals surface area contributed by atoms with Gasteiger partial charge in [-0.3, -0.25) is 0 Å². The Labute approximate surface area is 123 Å². The lowest BCUT2D eigenvalue weighted by atomic mass is 10.1. The summed E-state index contributed by atoms with van der Waals surface area (Å²) in [6.07, 6.45) is 2.01. The topological polar surface area (TPSA) is 42.2 Å². The van der Waals surface area contributed by atoms with E-state index in [0.717, 1.165) is 17.4 Å². The van der Waals surface area contributed by atoms with Gasteiger partial charge in [0.25, 0.3) is 0 Å². The summed E-state index contributed by atoms with van der Waals surface area (Å²) < 4.78 is 2.14. The normalized spacial score (nSPS) is 11.0. The first-order chi connectivity index (χ1) is 10.0. The molecule has 3 nitrogen and oxygen atoms in total. The zero-order chi connectivity index (χ0) is 15.0. The average Bonchev–Trinajstić information content (AvgIpc) is 2.85. The van der Waals surface area contributed by atoms with Crippen LogP contribution in [-0.4, -0.2) is 15.6 Å². The number of carbonyl (C=O) groups is 1. The van der Waals surface area contributed by atoms with Crippen LogP contribution in [0, 0.1) is 13.8 Å². The Bertz CT molecular complexity index is 830. The van der Waals surface area contributed by atoms with E-state index in [1.807, 2.05) is 18.3 Å². The Kier molecular flexibility index (Phi) is 3.26. The summed E-state index contributed by atoms with van der Waals surface area (Å²) in [5.74, 6) is -0.890. The van der Waals surface area contributed by atoms with E-state index in [4.69, 9.17) is 5.11 Å². The lowest BCUT2D eigenvalue weighted by Crippen LogP contribution is -1.99. The lowest BCUT2D eigenvalue weighted by molar-refractivity contribution is 0.0697. The fourth-order valence-electron chi connectivity index (χ4n) is 2.57. The number of carboxylic acids is 1. The van der Waals surface area contributed by atoms with Crippen LogP contribution >= 0.6 is 0 Å².